The zero-order valence-electron chi connectivity index (χ0n) is 30.2. The van der Waals surface area contributed by atoms with E-state index in [1.165, 1.54) is 33.5 Å². The van der Waals surface area contributed by atoms with Crippen molar-refractivity contribution in [3.63, 3.8) is 0 Å². The Kier molecular flexibility index (Phi) is 13.5. The zero-order valence-corrected chi connectivity index (χ0v) is 31.9. The fraction of sp³-hybridized carbons (Fsp3) is 0.415. The lowest BCUT2D eigenvalue weighted by molar-refractivity contribution is -0.149. The topological polar surface area (TPSA) is 93.2 Å². The van der Waals surface area contributed by atoms with Gasteiger partial charge in [0.15, 0.2) is 0 Å². The minimum atomic E-state index is -0.410. The number of esters is 2. The lowest BCUT2D eigenvalue weighted by Crippen LogP contribution is -2.39. The van der Waals surface area contributed by atoms with Crippen molar-refractivity contribution in [1.29, 1.82) is 0 Å². The van der Waals surface area contributed by atoms with Crippen LogP contribution in [0.15, 0.2) is 86.3 Å². The standard InChI is InChI=1S/C41H48N2O6S2/c1-6-10-22-30(8-3)39(46)48-32-24-27(5)34(49-40(47)31(9-4)23-11-7-2)36-35(32)50-41(51-36)33-37(44)42(25-28-18-14-12-15-19-28)43(38(33)45)26-29-20-16-13-17-21-29/h12-21,24,30-31H,6-11,22-23,25-26H2,1-5H3. The van der Waals surface area contributed by atoms with Crippen LogP contribution in [0.5, 0.6) is 11.5 Å². The first-order valence-corrected chi connectivity index (χ1v) is 19.8. The summed E-state index contributed by atoms with van der Waals surface area (Å²) in [6.45, 7) is 10.4. The molecule has 0 aromatic heterocycles. The maximum atomic E-state index is 14.3. The molecule has 2 amide bonds. The van der Waals surface area contributed by atoms with Crippen molar-refractivity contribution in [3.05, 3.63) is 93.2 Å². The molecule has 3 aromatic rings. The molecule has 2 heterocycles. The molecule has 1 fully saturated rings. The Morgan fingerprint density at radius 1 is 0.686 bits per heavy atom. The van der Waals surface area contributed by atoms with Gasteiger partial charge in [0.05, 0.1) is 39.0 Å². The molecule has 0 aliphatic carbocycles. The summed E-state index contributed by atoms with van der Waals surface area (Å²) < 4.78 is 12.7. The lowest BCUT2D eigenvalue weighted by Gasteiger charge is -2.27. The van der Waals surface area contributed by atoms with Crippen LogP contribution in [0, 0.1) is 18.8 Å². The number of hydrogen-bond acceptors (Lipinski definition) is 8. The van der Waals surface area contributed by atoms with Gasteiger partial charge in [0.1, 0.15) is 17.1 Å². The summed E-state index contributed by atoms with van der Waals surface area (Å²) in [5, 5.41) is 3.01. The van der Waals surface area contributed by atoms with Gasteiger partial charge >= 0.3 is 11.9 Å². The van der Waals surface area contributed by atoms with E-state index < -0.39 is 11.8 Å². The van der Waals surface area contributed by atoms with Gasteiger partial charge in [-0.15, -0.1) is 0 Å². The Balaban J connectivity index is 1.56. The van der Waals surface area contributed by atoms with Crippen LogP contribution in [0.1, 0.15) is 95.8 Å². The molecule has 0 saturated carbocycles. The lowest BCUT2D eigenvalue weighted by atomic mass is 9.99. The Labute approximate surface area is 310 Å². The van der Waals surface area contributed by atoms with Gasteiger partial charge in [0, 0.05) is 0 Å². The molecule has 3 aromatic carbocycles. The van der Waals surface area contributed by atoms with Crippen molar-refractivity contribution >= 4 is 47.3 Å². The molecule has 270 valence electrons. The number of carbonyl (C=O) groups is 4. The van der Waals surface area contributed by atoms with Gasteiger partial charge in [-0.3, -0.25) is 19.2 Å². The summed E-state index contributed by atoms with van der Waals surface area (Å²) >= 11 is 2.45. The minimum absolute atomic E-state index is 0.0454. The fourth-order valence-electron chi connectivity index (χ4n) is 6.25. The number of hydrazine groups is 1. The Bertz CT molecular complexity index is 1700. The van der Waals surface area contributed by atoms with Crippen molar-refractivity contribution in [2.75, 3.05) is 0 Å². The molecule has 2 unspecified atom stereocenters. The molecular weight excluding hydrogens is 681 g/mol. The highest BCUT2D eigenvalue weighted by molar-refractivity contribution is 8.25. The van der Waals surface area contributed by atoms with Crippen LogP contribution in [-0.4, -0.2) is 33.8 Å². The Morgan fingerprint density at radius 2 is 1.16 bits per heavy atom. The number of aryl methyl sites for hydroxylation is 1. The third-order valence-electron chi connectivity index (χ3n) is 9.35. The molecule has 0 N–H and O–H groups in total. The highest BCUT2D eigenvalue weighted by Gasteiger charge is 2.45. The molecular formula is C41H48N2O6S2. The van der Waals surface area contributed by atoms with E-state index in [0.717, 1.165) is 49.7 Å². The van der Waals surface area contributed by atoms with E-state index >= 15 is 0 Å². The van der Waals surface area contributed by atoms with E-state index in [-0.39, 0.29) is 42.4 Å². The van der Waals surface area contributed by atoms with Crippen LogP contribution in [0.2, 0.25) is 0 Å². The largest absolute Gasteiger partial charge is 0.425 e. The Hall–Kier alpha value is -4.02. The molecule has 2 aliphatic rings. The molecule has 8 nitrogen and oxygen atoms in total. The van der Waals surface area contributed by atoms with Crippen LogP contribution in [0.25, 0.3) is 0 Å². The van der Waals surface area contributed by atoms with Gasteiger partial charge < -0.3 is 9.47 Å². The second-order valence-electron chi connectivity index (χ2n) is 13.1. The average molecular weight is 729 g/mol. The van der Waals surface area contributed by atoms with Gasteiger partial charge in [-0.25, -0.2) is 10.0 Å². The van der Waals surface area contributed by atoms with E-state index in [1.54, 1.807) is 6.07 Å². The first kappa shape index (κ1) is 38.2. The molecule has 0 radical (unpaired) electrons. The first-order chi connectivity index (χ1) is 24.7. The van der Waals surface area contributed by atoms with Crippen molar-refractivity contribution in [2.45, 2.75) is 109 Å². The number of nitrogens with zero attached hydrogens (tertiary/aromatic N) is 2. The second kappa shape index (κ2) is 18.0. The number of hydrogen-bond donors (Lipinski definition) is 0. The van der Waals surface area contributed by atoms with Crippen LogP contribution in [-0.2, 0) is 32.3 Å². The number of ether oxygens (including phenoxy) is 2. The summed E-state index contributed by atoms with van der Waals surface area (Å²) in [5.74, 6) is -1.24. The smallest absolute Gasteiger partial charge is 0.314 e. The first-order valence-electron chi connectivity index (χ1n) is 18.1. The SMILES string of the molecule is CCCCC(CC)C(=O)Oc1cc(C)c(OC(=O)C(CC)CCCC)c2c1SC(=C1C(=O)N(Cc3ccccc3)N(Cc3ccccc3)C1=O)S2. The molecule has 2 atom stereocenters. The third-order valence-corrected chi connectivity index (χ3v) is 12.0. The number of thioether (sulfide) groups is 2. The predicted molar refractivity (Wildman–Crippen MR) is 202 cm³/mol. The monoisotopic (exact) mass is 728 g/mol. The number of carbonyl (C=O) groups excluding carboxylic acids is 4. The van der Waals surface area contributed by atoms with Crippen LogP contribution >= 0.6 is 23.5 Å². The van der Waals surface area contributed by atoms with Crippen molar-refractivity contribution in [2.24, 2.45) is 11.8 Å². The van der Waals surface area contributed by atoms with E-state index in [0.29, 0.717) is 43.9 Å². The predicted octanol–water partition coefficient (Wildman–Crippen LogP) is 9.63. The maximum Gasteiger partial charge on any atom is 0.314 e. The van der Waals surface area contributed by atoms with Crippen molar-refractivity contribution in [3.8, 4) is 11.5 Å². The van der Waals surface area contributed by atoms with Gasteiger partial charge in [0.25, 0.3) is 11.8 Å². The molecule has 51 heavy (non-hydrogen) atoms. The molecule has 0 spiro atoms. The van der Waals surface area contributed by atoms with Gasteiger partial charge in [-0.05, 0) is 55.4 Å². The summed E-state index contributed by atoms with van der Waals surface area (Å²) in [6.07, 6.45) is 6.55. The molecule has 10 heteroatoms. The minimum Gasteiger partial charge on any atom is -0.425 e. The molecule has 0 bridgehead atoms. The van der Waals surface area contributed by atoms with E-state index in [2.05, 4.69) is 13.8 Å². The van der Waals surface area contributed by atoms with Crippen LogP contribution in [0.4, 0.5) is 0 Å². The van der Waals surface area contributed by atoms with E-state index in [1.807, 2.05) is 81.4 Å². The number of benzene rings is 3. The van der Waals surface area contributed by atoms with Crippen molar-refractivity contribution < 1.29 is 28.7 Å². The van der Waals surface area contributed by atoms with Gasteiger partial charge in [-0.1, -0.05) is 138 Å². The molecule has 1 saturated heterocycles. The average Bonchev–Trinajstić information content (AvgIpc) is 3.66. The van der Waals surface area contributed by atoms with Gasteiger partial charge in [0.2, 0.25) is 0 Å². The number of rotatable bonds is 16. The summed E-state index contributed by atoms with van der Waals surface area (Å²) in [6, 6.07) is 20.9. The molecule has 2 aliphatic heterocycles. The number of amides is 2. The highest BCUT2D eigenvalue weighted by Crippen LogP contribution is 2.60. The van der Waals surface area contributed by atoms with E-state index in [9.17, 15) is 19.2 Å². The van der Waals surface area contributed by atoms with Crippen LogP contribution in [0.3, 0.4) is 0 Å². The number of unbranched alkanes of at least 4 members (excludes halogenated alkanes) is 2. The summed E-state index contributed by atoms with van der Waals surface area (Å²) in [4.78, 5) is 56.7. The summed E-state index contributed by atoms with van der Waals surface area (Å²) in [7, 11) is 0. The van der Waals surface area contributed by atoms with Crippen LogP contribution < -0.4 is 9.47 Å². The Morgan fingerprint density at radius 3 is 1.63 bits per heavy atom. The van der Waals surface area contributed by atoms with E-state index in [4.69, 9.17) is 9.47 Å². The van der Waals surface area contributed by atoms with Crippen molar-refractivity contribution in [1.82, 2.24) is 10.0 Å². The highest BCUT2D eigenvalue weighted by atomic mass is 32.2. The summed E-state index contributed by atoms with van der Waals surface area (Å²) in [5.41, 5.74) is 2.46. The quantitative estimate of drug-likeness (QED) is 0.0623. The zero-order chi connectivity index (χ0) is 36.5. The molecule has 5 rings (SSSR count). The third kappa shape index (κ3) is 8.90. The fourth-order valence-corrected chi connectivity index (χ4v) is 8.96. The van der Waals surface area contributed by atoms with Gasteiger partial charge in [-0.2, -0.15) is 0 Å². The number of fused-ring (bicyclic) bond motifs is 1. The normalized spacial score (nSPS) is 15.3. The second-order valence-corrected chi connectivity index (χ2v) is 15.4. The maximum absolute atomic E-state index is 14.3.